The third-order valence-corrected chi connectivity index (χ3v) is 3.27. The summed E-state index contributed by atoms with van der Waals surface area (Å²) in [5.74, 6) is 0.689. The Morgan fingerprint density at radius 3 is 2.76 bits per heavy atom. The second-order valence-corrected chi connectivity index (χ2v) is 4.58. The van der Waals surface area contributed by atoms with Crippen molar-refractivity contribution in [2.24, 2.45) is 13.0 Å². The summed E-state index contributed by atoms with van der Waals surface area (Å²) in [5, 5.41) is 11.5. The Labute approximate surface area is 103 Å². The van der Waals surface area contributed by atoms with E-state index in [0.29, 0.717) is 5.92 Å². The SMILES string of the molecule is CCNC(c1cnnn1C)C(OCC)C1CC1. The lowest BCUT2D eigenvalue weighted by Crippen LogP contribution is -2.36. The number of nitrogens with one attached hydrogen (secondary N) is 1. The second-order valence-electron chi connectivity index (χ2n) is 4.58. The number of hydrogen-bond donors (Lipinski definition) is 1. The molecule has 2 atom stereocenters. The smallest absolute Gasteiger partial charge is 0.0813 e. The van der Waals surface area contributed by atoms with Gasteiger partial charge in [-0.3, -0.25) is 4.68 Å². The van der Waals surface area contributed by atoms with E-state index < -0.39 is 0 Å². The maximum atomic E-state index is 5.93. The number of ether oxygens (including phenoxy) is 1. The van der Waals surface area contributed by atoms with Crippen LogP contribution in [0.2, 0.25) is 0 Å². The number of nitrogens with zero attached hydrogens (tertiary/aromatic N) is 3. The van der Waals surface area contributed by atoms with Crippen LogP contribution in [0.15, 0.2) is 6.20 Å². The molecule has 2 rings (SSSR count). The lowest BCUT2D eigenvalue weighted by Gasteiger charge is -2.27. The predicted octanol–water partition coefficient (Wildman–Crippen LogP) is 1.28. The maximum Gasteiger partial charge on any atom is 0.0813 e. The standard InChI is InChI=1S/C12H22N4O/c1-4-13-11(10-8-14-15-16(10)3)12(17-5-2)9-6-7-9/h8-9,11-13H,4-7H2,1-3H3. The first-order valence-electron chi connectivity index (χ1n) is 6.47. The van der Waals surface area contributed by atoms with Crippen molar-refractivity contribution in [2.45, 2.75) is 38.8 Å². The summed E-state index contributed by atoms with van der Waals surface area (Å²) < 4.78 is 7.76. The van der Waals surface area contributed by atoms with E-state index in [1.54, 1.807) is 0 Å². The van der Waals surface area contributed by atoms with E-state index in [4.69, 9.17) is 4.74 Å². The highest BCUT2D eigenvalue weighted by atomic mass is 16.5. The fourth-order valence-corrected chi connectivity index (χ4v) is 2.31. The Kier molecular flexibility index (Phi) is 4.12. The predicted molar refractivity (Wildman–Crippen MR) is 65.6 cm³/mol. The fourth-order valence-electron chi connectivity index (χ4n) is 2.31. The summed E-state index contributed by atoms with van der Waals surface area (Å²) >= 11 is 0. The first-order valence-corrected chi connectivity index (χ1v) is 6.47. The molecule has 1 fully saturated rings. The lowest BCUT2D eigenvalue weighted by atomic mass is 10.0. The van der Waals surface area contributed by atoms with Crippen LogP contribution in [0.25, 0.3) is 0 Å². The van der Waals surface area contributed by atoms with E-state index in [9.17, 15) is 0 Å². The van der Waals surface area contributed by atoms with Crippen molar-refractivity contribution in [1.82, 2.24) is 20.3 Å². The molecule has 0 aliphatic heterocycles. The third-order valence-electron chi connectivity index (χ3n) is 3.27. The molecule has 1 heterocycles. The Balaban J connectivity index is 2.17. The Hall–Kier alpha value is -0.940. The molecule has 1 aromatic heterocycles. The van der Waals surface area contributed by atoms with Crippen LogP contribution in [0.4, 0.5) is 0 Å². The third kappa shape index (κ3) is 2.84. The van der Waals surface area contributed by atoms with E-state index in [0.717, 1.165) is 18.8 Å². The molecule has 0 amide bonds. The van der Waals surface area contributed by atoms with Gasteiger partial charge in [0.05, 0.1) is 24.0 Å². The molecule has 0 saturated heterocycles. The van der Waals surface area contributed by atoms with Crippen LogP contribution in [0.3, 0.4) is 0 Å². The van der Waals surface area contributed by atoms with Gasteiger partial charge in [0.1, 0.15) is 0 Å². The van der Waals surface area contributed by atoms with Gasteiger partial charge in [-0.1, -0.05) is 12.1 Å². The van der Waals surface area contributed by atoms with E-state index in [2.05, 4.69) is 29.5 Å². The summed E-state index contributed by atoms with van der Waals surface area (Å²) in [6.07, 6.45) is 4.63. The minimum absolute atomic E-state index is 0.201. The largest absolute Gasteiger partial charge is 0.376 e. The Bertz CT molecular complexity index is 348. The van der Waals surface area contributed by atoms with Gasteiger partial charge in [0.2, 0.25) is 0 Å². The van der Waals surface area contributed by atoms with Gasteiger partial charge in [0.25, 0.3) is 0 Å². The quantitative estimate of drug-likeness (QED) is 0.777. The molecule has 2 unspecified atom stereocenters. The molecule has 1 N–H and O–H groups in total. The average Bonchev–Trinajstić information content (AvgIpc) is 3.07. The molecule has 1 aliphatic rings. The zero-order valence-corrected chi connectivity index (χ0v) is 10.9. The summed E-state index contributed by atoms with van der Waals surface area (Å²) in [4.78, 5) is 0. The van der Waals surface area contributed by atoms with Gasteiger partial charge < -0.3 is 10.1 Å². The topological polar surface area (TPSA) is 52.0 Å². The molecular weight excluding hydrogens is 216 g/mol. The zero-order valence-electron chi connectivity index (χ0n) is 10.9. The van der Waals surface area contributed by atoms with Crippen molar-refractivity contribution >= 4 is 0 Å². The van der Waals surface area contributed by atoms with Gasteiger partial charge in [-0.25, -0.2) is 0 Å². The van der Waals surface area contributed by atoms with Crippen molar-refractivity contribution < 1.29 is 4.74 Å². The average molecular weight is 238 g/mol. The molecule has 0 spiro atoms. The second kappa shape index (κ2) is 5.60. The molecule has 5 heteroatoms. The van der Waals surface area contributed by atoms with Gasteiger partial charge in [-0.15, -0.1) is 5.10 Å². The van der Waals surface area contributed by atoms with Crippen molar-refractivity contribution in [2.75, 3.05) is 13.2 Å². The molecule has 1 aromatic rings. The fraction of sp³-hybridized carbons (Fsp3) is 0.833. The Morgan fingerprint density at radius 1 is 1.53 bits per heavy atom. The van der Waals surface area contributed by atoms with Crippen molar-refractivity contribution in [1.29, 1.82) is 0 Å². The van der Waals surface area contributed by atoms with E-state index in [1.165, 1.54) is 12.8 Å². The molecule has 0 aromatic carbocycles. The number of hydrogen-bond acceptors (Lipinski definition) is 4. The lowest BCUT2D eigenvalue weighted by molar-refractivity contribution is 0.0170. The number of rotatable bonds is 7. The summed E-state index contributed by atoms with van der Waals surface area (Å²) in [6.45, 7) is 5.85. The van der Waals surface area contributed by atoms with Gasteiger partial charge in [0, 0.05) is 13.7 Å². The van der Waals surface area contributed by atoms with Gasteiger partial charge >= 0.3 is 0 Å². The van der Waals surface area contributed by atoms with Crippen LogP contribution < -0.4 is 5.32 Å². The zero-order chi connectivity index (χ0) is 12.3. The summed E-state index contributed by atoms with van der Waals surface area (Å²) in [7, 11) is 1.93. The van der Waals surface area contributed by atoms with Crippen molar-refractivity contribution in [3.8, 4) is 0 Å². The molecular formula is C12H22N4O. The molecule has 1 saturated carbocycles. The van der Waals surface area contributed by atoms with Gasteiger partial charge in [-0.05, 0) is 32.2 Å². The highest BCUT2D eigenvalue weighted by Gasteiger charge is 2.38. The first kappa shape index (κ1) is 12.5. The number of aryl methyl sites for hydroxylation is 1. The molecule has 1 aliphatic carbocycles. The highest BCUT2D eigenvalue weighted by Crippen LogP contribution is 2.39. The van der Waals surface area contributed by atoms with Crippen LogP contribution in [0, 0.1) is 5.92 Å². The number of aromatic nitrogens is 3. The van der Waals surface area contributed by atoms with Crippen LogP contribution >= 0.6 is 0 Å². The monoisotopic (exact) mass is 238 g/mol. The summed E-state index contributed by atoms with van der Waals surface area (Å²) in [5.41, 5.74) is 1.11. The van der Waals surface area contributed by atoms with E-state index in [1.807, 2.05) is 17.9 Å². The molecule has 0 radical (unpaired) electrons. The molecule has 96 valence electrons. The Morgan fingerprint density at radius 2 is 2.29 bits per heavy atom. The van der Waals surface area contributed by atoms with Crippen LogP contribution in [0.1, 0.15) is 38.4 Å². The number of likely N-dealkylation sites (N-methyl/N-ethyl adjacent to an activating group) is 1. The van der Waals surface area contributed by atoms with Gasteiger partial charge in [-0.2, -0.15) is 0 Å². The van der Waals surface area contributed by atoms with Gasteiger partial charge in [0.15, 0.2) is 0 Å². The van der Waals surface area contributed by atoms with Crippen molar-refractivity contribution in [3.05, 3.63) is 11.9 Å². The normalized spacial score (nSPS) is 19.2. The highest BCUT2D eigenvalue weighted by molar-refractivity contribution is 5.07. The minimum Gasteiger partial charge on any atom is -0.376 e. The van der Waals surface area contributed by atoms with Crippen LogP contribution in [0.5, 0.6) is 0 Å². The van der Waals surface area contributed by atoms with Crippen LogP contribution in [-0.2, 0) is 11.8 Å². The van der Waals surface area contributed by atoms with Crippen LogP contribution in [-0.4, -0.2) is 34.2 Å². The summed E-state index contributed by atoms with van der Waals surface area (Å²) in [6, 6.07) is 0.201. The molecule has 5 nitrogen and oxygen atoms in total. The van der Waals surface area contributed by atoms with Crippen molar-refractivity contribution in [3.63, 3.8) is 0 Å². The minimum atomic E-state index is 0.201. The van der Waals surface area contributed by atoms with E-state index >= 15 is 0 Å². The van der Waals surface area contributed by atoms with E-state index in [-0.39, 0.29) is 12.1 Å². The molecule has 17 heavy (non-hydrogen) atoms. The first-order chi connectivity index (χ1) is 8.27. The molecule has 0 bridgehead atoms. The maximum absolute atomic E-state index is 5.93.